The van der Waals surface area contributed by atoms with Crippen molar-refractivity contribution in [3.05, 3.63) is 72.2 Å². The van der Waals surface area contributed by atoms with Gasteiger partial charge in [-0.1, -0.05) is 69.2 Å². The van der Waals surface area contributed by atoms with Crippen LogP contribution in [0.1, 0.15) is 71.4 Å². The van der Waals surface area contributed by atoms with Gasteiger partial charge >= 0.3 is 7.12 Å². The van der Waals surface area contributed by atoms with Crippen molar-refractivity contribution in [1.29, 1.82) is 0 Å². The number of imidazole rings is 1. The number of benzene rings is 1. The van der Waals surface area contributed by atoms with Crippen LogP contribution in [0.5, 0.6) is 0 Å². The zero-order chi connectivity index (χ0) is 31.4. The number of nitrogens with one attached hydrogen (secondary N) is 1. The fraction of sp³-hybridized carbons (Fsp3) is 0.571. The first-order valence-corrected chi connectivity index (χ1v) is 16.5. The Balaban J connectivity index is 1.06. The molecular formula is C35H45BN4O5. The highest BCUT2D eigenvalue weighted by Gasteiger charge is 2.68. The maximum absolute atomic E-state index is 14.4. The molecule has 3 aromatic rings. The molecule has 1 aromatic carbocycles. The second-order valence-corrected chi connectivity index (χ2v) is 14.8. The molecular weight excluding hydrogens is 567 g/mol. The van der Waals surface area contributed by atoms with Gasteiger partial charge in [-0.15, -0.1) is 0 Å². The van der Waals surface area contributed by atoms with Crippen LogP contribution in [0.15, 0.2) is 66.2 Å². The molecule has 8 rings (SSSR count). The van der Waals surface area contributed by atoms with Crippen molar-refractivity contribution in [3.63, 3.8) is 0 Å². The molecule has 6 atom stereocenters. The number of aromatic nitrogens is 2. The summed E-state index contributed by atoms with van der Waals surface area (Å²) in [4.78, 5) is 24.9. The third-order valence-electron chi connectivity index (χ3n) is 11.0. The van der Waals surface area contributed by atoms with E-state index in [1.165, 1.54) is 6.42 Å². The van der Waals surface area contributed by atoms with E-state index < -0.39 is 12.7 Å². The second-order valence-electron chi connectivity index (χ2n) is 14.8. The summed E-state index contributed by atoms with van der Waals surface area (Å²) in [5.41, 5.74) is 2.26. The van der Waals surface area contributed by atoms with Gasteiger partial charge in [-0.3, -0.25) is 4.79 Å². The Labute approximate surface area is 266 Å². The lowest BCUT2D eigenvalue weighted by molar-refractivity contribution is -0.199. The Morgan fingerprint density at radius 1 is 1.11 bits per heavy atom. The maximum atomic E-state index is 14.4. The van der Waals surface area contributed by atoms with E-state index in [1.54, 1.807) is 6.20 Å². The predicted octanol–water partition coefficient (Wildman–Crippen LogP) is 5.41. The zero-order valence-corrected chi connectivity index (χ0v) is 27.1. The van der Waals surface area contributed by atoms with E-state index >= 15 is 0 Å². The Kier molecular flexibility index (Phi) is 7.81. The van der Waals surface area contributed by atoms with Crippen LogP contribution in [-0.4, -0.2) is 58.0 Å². The number of carbonyl (C=O) groups is 1. The van der Waals surface area contributed by atoms with Crippen LogP contribution in [0.2, 0.25) is 0 Å². The van der Waals surface area contributed by atoms with Gasteiger partial charge in [0.15, 0.2) is 0 Å². The number of hydrogen-bond donors (Lipinski definition) is 1. The monoisotopic (exact) mass is 612 g/mol. The summed E-state index contributed by atoms with van der Waals surface area (Å²) >= 11 is 0. The summed E-state index contributed by atoms with van der Waals surface area (Å²) in [6.45, 7) is 11.9. The van der Waals surface area contributed by atoms with Crippen molar-refractivity contribution in [1.82, 2.24) is 14.7 Å². The number of rotatable bonds is 11. The smallest absolute Gasteiger partial charge is 0.404 e. The summed E-state index contributed by atoms with van der Waals surface area (Å²) in [6, 6.07) is 14.0. The van der Waals surface area contributed by atoms with Crippen LogP contribution >= 0.6 is 0 Å². The number of pyridine rings is 1. The molecule has 3 aliphatic carbocycles. The maximum Gasteiger partial charge on any atom is 0.481 e. The van der Waals surface area contributed by atoms with Gasteiger partial charge in [0.05, 0.1) is 36.6 Å². The lowest BCUT2D eigenvalue weighted by atomic mass is 9.43. The number of hydrogen-bond acceptors (Lipinski definition) is 7. The third-order valence-corrected chi connectivity index (χ3v) is 11.0. The molecule has 2 aliphatic heterocycles. The molecule has 0 spiro atoms. The molecule has 1 saturated heterocycles. The summed E-state index contributed by atoms with van der Waals surface area (Å²) in [7, 11) is -0.509. The van der Waals surface area contributed by atoms with Crippen molar-refractivity contribution in [2.45, 2.75) is 96.6 Å². The predicted molar refractivity (Wildman–Crippen MR) is 172 cm³/mol. The number of carbonyl (C=O) groups excluding carboxylic acids is 1. The summed E-state index contributed by atoms with van der Waals surface area (Å²) < 4.78 is 21.5. The first-order chi connectivity index (χ1) is 21.6. The number of oxime groups is 1. The highest BCUT2D eigenvalue weighted by atomic mass is 16.7. The van der Waals surface area contributed by atoms with Gasteiger partial charge in [-0.2, -0.15) is 0 Å². The van der Waals surface area contributed by atoms with E-state index in [0.29, 0.717) is 42.9 Å². The molecule has 1 unspecified atom stereocenters. The van der Waals surface area contributed by atoms with Gasteiger partial charge in [-0.05, 0) is 61.0 Å². The van der Waals surface area contributed by atoms with Crippen LogP contribution in [0.4, 0.5) is 0 Å². The van der Waals surface area contributed by atoms with Crippen molar-refractivity contribution >= 4 is 24.4 Å². The minimum Gasteiger partial charge on any atom is -0.404 e. The Bertz CT molecular complexity index is 1580. The molecule has 2 bridgehead atoms. The minimum absolute atomic E-state index is 0.0479. The zero-order valence-electron chi connectivity index (χ0n) is 27.1. The highest BCUT2D eigenvalue weighted by Crippen LogP contribution is 2.65. The van der Waals surface area contributed by atoms with Gasteiger partial charge in [-0.25, -0.2) is 4.98 Å². The summed E-state index contributed by atoms with van der Waals surface area (Å²) in [6.07, 6.45) is 9.34. The van der Waals surface area contributed by atoms with Crippen molar-refractivity contribution in [2.75, 3.05) is 6.61 Å². The summed E-state index contributed by atoms with van der Waals surface area (Å²) in [5, 5.41) is 7.75. The van der Waals surface area contributed by atoms with E-state index in [4.69, 9.17) is 18.9 Å². The van der Waals surface area contributed by atoms with Gasteiger partial charge in [0.2, 0.25) is 5.60 Å². The molecule has 45 heavy (non-hydrogen) atoms. The Morgan fingerprint density at radius 3 is 2.71 bits per heavy atom. The fourth-order valence-corrected chi connectivity index (χ4v) is 8.36. The van der Waals surface area contributed by atoms with Crippen LogP contribution in [0.3, 0.4) is 0 Å². The first-order valence-electron chi connectivity index (χ1n) is 16.5. The van der Waals surface area contributed by atoms with Crippen LogP contribution in [-0.2, 0) is 36.7 Å². The third kappa shape index (κ3) is 5.49. The highest BCUT2D eigenvalue weighted by molar-refractivity contribution is 6.48. The molecule has 4 fully saturated rings. The summed E-state index contributed by atoms with van der Waals surface area (Å²) in [5.74, 6) is 0.930. The van der Waals surface area contributed by atoms with E-state index in [9.17, 15) is 4.79 Å². The first kappa shape index (κ1) is 30.4. The lowest BCUT2D eigenvalue weighted by Crippen LogP contribution is -2.65. The van der Waals surface area contributed by atoms with Gasteiger partial charge in [0.1, 0.15) is 5.65 Å². The Hall–Kier alpha value is -3.21. The minimum atomic E-state index is -1.20. The molecule has 4 heterocycles. The molecule has 238 valence electrons. The number of nitrogens with zero attached hydrogens (tertiary/aromatic N) is 3. The largest absolute Gasteiger partial charge is 0.481 e. The second kappa shape index (κ2) is 11.5. The Morgan fingerprint density at radius 2 is 1.93 bits per heavy atom. The molecule has 9 nitrogen and oxygen atoms in total. The molecule has 10 heteroatoms. The van der Waals surface area contributed by atoms with Crippen molar-refractivity contribution < 1.29 is 23.7 Å². The van der Waals surface area contributed by atoms with Gasteiger partial charge in [0, 0.05) is 37.0 Å². The normalized spacial score (nSPS) is 30.5. The van der Waals surface area contributed by atoms with E-state index in [2.05, 4.69) is 50.1 Å². The van der Waals surface area contributed by atoms with E-state index in [1.807, 2.05) is 59.3 Å². The average Bonchev–Trinajstić information content (AvgIpc) is 3.74. The number of ether oxygens (including phenoxy) is 1. The van der Waals surface area contributed by atoms with Gasteiger partial charge in [0.25, 0.3) is 5.91 Å². The number of amides is 1. The van der Waals surface area contributed by atoms with Crippen LogP contribution in [0, 0.1) is 23.2 Å². The molecule has 3 saturated carbocycles. The van der Waals surface area contributed by atoms with Crippen LogP contribution < -0.4 is 5.32 Å². The van der Waals surface area contributed by atoms with E-state index in [0.717, 1.165) is 29.6 Å². The quantitative estimate of drug-likeness (QED) is 0.291. The standard InChI is InChI=1S/C35H45BN4O5/c1-23(2)16-30(36-43-29-18-26-17-28(33(26,3)4)34(29,5)44-36)38-32(41)35(19-24-10-7-6-8-11-24)20-27(39-45-35)22-42-21-25-12-9-14-40-15-13-37-31(25)40/h6-15,23,26,28-30H,16-22H2,1-5H3,(H,38,41)/t26-,28-,29+,30-,34-,35?/m0/s1. The number of fused-ring (bicyclic) bond motifs is 1. The van der Waals surface area contributed by atoms with E-state index in [-0.39, 0.29) is 35.6 Å². The lowest BCUT2D eigenvalue weighted by Gasteiger charge is -2.64. The van der Waals surface area contributed by atoms with Gasteiger partial charge < -0.3 is 28.6 Å². The molecule has 0 radical (unpaired) electrons. The van der Waals surface area contributed by atoms with Crippen molar-refractivity contribution in [2.24, 2.45) is 28.3 Å². The molecule has 1 N–H and O–H groups in total. The average molecular weight is 613 g/mol. The SMILES string of the molecule is CC(C)C[C@H](NC(=O)C1(Cc2ccccc2)CC(COCc2cccn3ccnc23)=NO1)B1O[C@@H]2C[C@@H]3C[C@@H](C3(C)C)[C@]2(C)O1. The molecule has 1 amide bonds. The topological polar surface area (TPSA) is 95.7 Å². The molecule has 2 aromatic heterocycles. The fourth-order valence-electron chi connectivity index (χ4n) is 8.36. The van der Waals surface area contributed by atoms with Crippen LogP contribution in [0.25, 0.3) is 5.65 Å². The van der Waals surface area contributed by atoms with Crippen molar-refractivity contribution in [3.8, 4) is 0 Å². The molecule has 5 aliphatic rings.